The van der Waals surface area contributed by atoms with E-state index in [0.717, 1.165) is 42.9 Å². The number of para-hydroxylation sites is 1. The average Bonchev–Trinajstić information content (AvgIpc) is 2.63. The van der Waals surface area contributed by atoms with Gasteiger partial charge in [0.15, 0.2) is 0 Å². The van der Waals surface area contributed by atoms with Crippen molar-refractivity contribution in [3.05, 3.63) is 29.3 Å². The van der Waals surface area contributed by atoms with Crippen molar-refractivity contribution in [3.8, 4) is 0 Å². The molecule has 2 heterocycles. The summed E-state index contributed by atoms with van der Waals surface area (Å²) in [6, 6.07) is 8.17. The third kappa shape index (κ3) is 2.55. The second-order valence-electron chi connectivity index (χ2n) is 5.08. The summed E-state index contributed by atoms with van der Waals surface area (Å²) in [5, 5.41) is 15.1. The predicted octanol–water partition coefficient (Wildman–Crippen LogP) is 2.34. The number of hydrogen-bond donors (Lipinski definition) is 2. The van der Waals surface area contributed by atoms with Crippen molar-refractivity contribution in [1.82, 2.24) is 10.3 Å². The highest BCUT2D eigenvalue weighted by molar-refractivity contribution is 7.18. The molecule has 2 aromatic rings. The lowest BCUT2D eigenvalue weighted by atomic mass is 9.91. The van der Waals surface area contributed by atoms with Gasteiger partial charge in [0.25, 0.3) is 0 Å². The van der Waals surface area contributed by atoms with Crippen LogP contribution in [0.1, 0.15) is 24.3 Å². The van der Waals surface area contributed by atoms with Crippen molar-refractivity contribution < 1.29 is 5.11 Å². The monoisotopic (exact) mass is 262 g/mol. The van der Waals surface area contributed by atoms with Crippen molar-refractivity contribution in [1.29, 1.82) is 0 Å². The van der Waals surface area contributed by atoms with Gasteiger partial charge in [0.2, 0.25) is 0 Å². The molecule has 1 aromatic carbocycles. The Kier molecular flexibility index (Phi) is 3.33. The summed E-state index contributed by atoms with van der Waals surface area (Å²) >= 11 is 1.70. The van der Waals surface area contributed by atoms with Gasteiger partial charge in [0.05, 0.1) is 20.8 Å². The van der Waals surface area contributed by atoms with E-state index in [1.165, 1.54) is 4.70 Å². The maximum Gasteiger partial charge on any atom is 0.0967 e. The van der Waals surface area contributed by atoms with Gasteiger partial charge in [-0.3, -0.25) is 0 Å². The topological polar surface area (TPSA) is 45.2 Å². The van der Waals surface area contributed by atoms with Crippen molar-refractivity contribution in [2.75, 3.05) is 13.1 Å². The summed E-state index contributed by atoms with van der Waals surface area (Å²) < 4.78 is 1.21. The summed E-state index contributed by atoms with van der Waals surface area (Å²) in [6.45, 7) is 1.92. The van der Waals surface area contributed by atoms with E-state index in [4.69, 9.17) is 0 Å². The number of thiazole rings is 1. The molecule has 0 saturated carbocycles. The quantitative estimate of drug-likeness (QED) is 0.873. The van der Waals surface area contributed by atoms with Crippen molar-refractivity contribution >= 4 is 21.6 Å². The Hall–Kier alpha value is -0.970. The Morgan fingerprint density at radius 1 is 1.28 bits per heavy atom. The molecule has 1 unspecified atom stereocenters. The zero-order chi connectivity index (χ0) is 12.4. The number of benzene rings is 1. The molecule has 0 amide bonds. The molecule has 96 valence electrons. The first-order valence-electron chi connectivity index (χ1n) is 6.53. The Morgan fingerprint density at radius 2 is 2.17 bits per heavy atom. The smallest absolute Gasteiger partial charge is 0.0967 e. The van der Waals surface area contributed by atoms with E-state index in [9.17, 15) is 5.11 Å². The van der Waals surface area contributed by atoms with Crippen LogP contribution < -0.4 is 5.32 Å². The van der Waals surface area contributed by atoms with Gasteiger partial charge in [0.1, 0.15) is 0 Å². The van der Waals surface area contributed by atoms with E-state index < -0.39 is 5.60 Å². The fraction of sp³-hybridized carbons (Fsp3) is 0.500. The van der Waals surface area contributed by atoms with E-state index in [2.05, 4.69) is 16.4 Å². The molecule has 3 rings (SSSR count). The maximum atomic E-state index is 10.7. The fourth-order valence-electron chi connectivity index (χ4n) is 2.57. The van der Waals surface area contributed by atoms with Crippen LogP contribution in [0.25, 0.3) is 10.2 Å². The summed E-state index contributed by atoms with van der Waals surface area (Å²) in [5.41, 5.74) is 0.477. The van der Waals surface area contributed by atoms with E-state index in [1.807, 2.05) is 18.2 Å². The summed E-state index contributed by atoms with van der Waals surface area (Å²) in [6.07, 6.45) is 3.42. The number of hydrogen-bond acceptors (Lipinski definition) is 4. The molecular formula is C14H18N2OS. The van der Waals surface area contributed by atoms with Crippen molar-refractivity contribution in [3.63, 3.8) is 0 Å². The Labute approximate surface area is 111 Å². The zero-order valence-electron chi connectivity index (χ0n) is 10.4. The van der Waals surface area contributed by atoms with Crippen molar-refractivity contribution in [2.24, 2.45) is 0 Å². The summed E-state index contributed by atoms with van der Waals surface area (Å²) in [7, 11) is 0. The van der Waals surface area contributed by atoms with Crippen LogP contribution in [0.15, 0.2) is 24.3 Å². The lowest BCUT2D eigenvalue weighted by Crippen LogP contribution is -2.32. The van der Waals surface area contributed by atoms with Crippen LogP contribution in [-0.2, 0) is 6.42 Å². The molecule has 4 heteroatoms. The molecule has 3 nitrogen and oxygen atoms in total. The van der Waals surface area contributed by atoms with Crippen LogP contribution in [0.5, 0.6) is 0 Å². The lowest BCUT2D eigenvalue weighted by molar-refractivity contribution is 0.0285. The third-order valence-corrected chi connectivity index (χ3v) is 4.62. The molecule has 0 bridgehead atoms. The number of nitrogens with zero attached hydrogens (tertiary/aromatic N) is 1. The largest absolute Gasteiger partial charge is 0.389 e. The SMILES string of the molecule is OC1(Cc2nc3ccccc3s2)CCCNCC1. The van der Waals surface area contributed by atoms with Gasteiger partial charge in [-0.25, -0.2) is 4.98 Å². The van der Waals surface area contributed by atoms with Gasteiger partial charge in [-0.15, -0.1) is 11.3 Å². The van der Waals surface area contributed by atoms with E-state index in [1.54, 1.807) is 11.3 Å². The first kappa shape index (κ1) is 12.1. The minimum Gasteiger partial charge on any atom is -0.389 e. The van der Waals surface area contributed by atoms with Crippen LogP contribution in [0.2, 0.25) is 0 Å². The van der Waals surface area contributed by atoms with E-state index >= 15 is 0 Å². The molecule has 2 N–H and O–H groups in total. The van der Waals surface area contributed by atoms with Crippen LogP contribution in [0.4, 0.5) is 0 Å². The standard InChI is InChI=1S/C14H18N2OS/c17-14(6-3-8-15-9-7-14)10-13-16-11-4-1-2-5-12(11)18-13/h1-2,4-5,15,17H,3,6-10H2. The van der Waals surface area contributed by atoms with E-state index in [-0.39, 0.29) is 0 Å². The maximum absolute atomic E-state index is 10.7. The van der Waals surface area contributed by atoms with Crippen LogP contribution >= 0.6 is 11.3 Å². The van der Waals surface area contributed by atoms with Gasteiger partial charge < -0.3 is 10.4 Å². The molecule has 1 aliphatic heterocycles. The number of rotatable bonds is 2. The highest BCUT2D eigenvalue weighted by Crippen LogP contribution is 2.29. The fourth-order valence-corrected chi connectivity index (χ4v) is 3.67. The molecule has 18 heavy (non-hydrogen) atoms. The summed E-state index contributed by atoms with van der Waals surface area (Å²) in [4.78, 5) is 4.62. The first-order chi connectivity index (χ1) is 8.75. The number of fused-ring (bicyclic) bond motifs is 1. The van der Waals surface area contributed by atoms with E-state index in [0.29, 0.717) is 6.42 Å². The summed E-state index contributed by atoms with van der Waals surface area (Å²) in [5.74, 6) is 0. The van der Waals surface area contributed by atoms with Gasteiger partial charge in [-0.1, -0.05) is 12.1 Å². The highest BCUT2D eigenvalue weighted by Gasteiger charge is 2.29. The molecular weight excluding hydrogens is 244 g/mol. The molecule has 1 aliphatic rings. The predicted molar refractivity (Wildman–Crippen MR) is 75.0 cm³/mol. The molecule has 0 aliphatic carbocycles. The normalized spacial score (nSPS) is 25.2. The Bertz CT molecular complexity index is 496. The van der Waals surface area contributed by atoms with Crippen LogP contribution in [0.3, 0.4) is 0 Å². The van der Waals surface area contributed by atoms with Crippen molar-refractivity contribution in [2.45, 2.75) is 31.3 Å². The molecule has 1 aromatic heterocycles. The molecule has 1 fully saturated rings. The van der Waals surface area contributed by atoms with Gasteiger partial charge >= 0.3 is 0 Å². The third-order valence-electron chi connectivity index (χ3n) is 3.58. The molecule has 0 spiro atoms. The second-order valence-corrected chi connectivity index (χ2v) is 6.20. The molecule has 1 atom stereocenters. The highest BCUT2D eigenvalue weighted by atomic mass is 32.1. The zero-order valence-corrected chi connectivity index (χ0v) is 11.2. The Morgan fingerprint density at radius 3 is 3.06 bits per heavy atom. The Balaban J connectivity index is 1.82. The lowest BCUT2D eigenvalue weighted by Gasteiger charge is -2.24. The van der Waals surface area contributed by atoms with Crippen LogP contribution in [-0.4, -0.2) is 28.8 Å². The van der Waals surface area contributed by atoms with Crippen LogP contribution in [0, 0.1) is 0 Å². The van der Waals surface area contributed by atoms with Gasteiger partial charge in [-0.05, 0) is 44.5 Å². The number of nitrogens with one attached hydrogen (secondary N) is 1. The number of aliphatic hydroxyl groups is 1. The number of aromatic nitrogens is 1. The van der Waals surface area contributed by atoms with Gasteiger partial charge in [0, 0.05) is 6.42 Å². The first-order valence-corrected chi connectivity index (χ1v) is 7.34. The minimum atomic E-state index is -0.572. The second kappa shape index (κ2) is 4.96. The van der Waals surface area contributed by atoms with Gasteiger partial charge in [-0.2, -0.15) is 0 Å². The molecule has 0 radical (unpaired) electrons. The minimum absolute atomic E-state index is 0.572. The average molecular weight is 262 g/mol. The molecule has 1 saturated heterocycles.